The number of ether oxygens (including phenoxy) is 1. The Morgan fingerprint density at radius 2 is 2.00 bits per heavy atom. The van der Waals surface area contributed by atoms with Gasteiger partial charge in [-0.2, -0.15) is 0 Å². The van der Waals surface area contributed by atoms with E-state index in [2.05, 4.69) is 23.9 Å². The second-order valence-corrected chi connectivity index (χ2v) is 6.90. The van der Waals surface area contributed by atoms with E-state index in [0.29, 0.717) is 38.5 Å². The van der Waals surface area contributed by atoms with Crippen molar-refractivity contribution in [3.63, 3.8) is 0 Å². The van der Waals surface area contributed by atoms with Gasteiger partial charge in [0.1, 0.15) is 0 Å². The van der Waals surface area contributed by atoms with Gasteiger partial charge in [-0.1, -0.05) is 13.8 Å². The molecule has 1 aliphatic rings. The molecule has 0 saturated carbocycles. The van der Waals surface area contributed by atoms with E-state index >= 15 is 0 Å². The Morgan fingerprint density at radius 1 is 1.35 bits per heavy atom. The lowest BCUT2D eigenvalue weighted by Gasteiger charge is -2.22. The van der Waals surface area contributed by atoms with Gasteiger partial charge in [0.05, 0.1) is 11.9 Å². The molecule has 0 unspecified atom stereocenters. The maximum Gasteiger partial charge on any atom is 0.214 e. The summed E-state index contributed by atoms with van der Waals surface area (Å²) >= 11 is 0. The molecule has 2 N–H and O–H groups in total. The maximum absolute atomic E-state index is 11.9. The van der Waals surface area contributed by atoms with E-state index in [1.807, 2.05) is 0 Å². The molecule has 0 aromatic carbocycles. The van der Waals surface area contributed by atoms with Crippen LogP contribution in [0.5, 0.6) is 0 Å². The summed E-state index contributed by atoms with van der Waals surface area (Å²) < 4.78 is 31.7. The van der Waals surface area contributed by atoms with Gasteiger partial charge in [-0.05, 0) is 31.8 Å². The fourth-order valence-corrected chi connectivity index (χ4v) is 3.26. The summed E-state index contributed by atoms with van der Waals surface area (Å²) in [6, 6.07) is 0. The zero-order chi connectivity index (χ0) is 12.7. The van der Waals surface area contributed by atoms with Crippen LogP contribution >= 0.6 is 0 Å². The predicted molar refractivity (Wildman–Crippen MR) is 68.5 cm³/mol. The van der Waals surface area contributed by atoms with E-state index < -0.39 is 10.0 Å². The molecule has 0 aromatic heterocycles. The van der Waals surface area contributed by atoms with Gasteiger partial charge in [-0.15, -0.1) is 0 Å². The van der Waals surface area contributed by atoms with Crippen molar-refractivity contribution in [3.05, 3.63) is 0 Å². The highest BCUT2D eigenvalue weighted by Crippen LogP contribution is 2.11. The maximum atomic E-state index is 11.9. The molecule has 0 spiro atoms. The van der Waals surface area contributed by atoms with Gasteiger partial charge >= 0.3 is 0 Å². The van der Waals surface area contributed by atoms with Gasteiger partial charge < -0.3 is 10.1 Å². The van der Waals surface area contributed by atoms with Crippen LogP contribution in [0.2, 0.25) is 0 Å². The SMILES string of the molecule is CC(C)COCCNS(=O)(=O)C1CCNCC1. The first-order chi connectivity index (χ1) is 8.02. The van der Waals surface area contributed by atoms with Gasteiger partial charge in [-0.25, -0.2) is 13.1 Å². The first-order valence-corrected chi connectivity index (χ1v) is 7.84. The Hall–Kier alpha value is -0.170. The Bertz CT molecular complexity index is 298. The Labute approximate surface area is 104 Å². The molecule has 0 bridgehead atoms. The van der Waals surface area contributed by atoms with Crippen molar-refractivity contribution in [1.82, 2.24) is 10.0 Å². The van der Waals surface area contributed by atoms with E-state index in [9.17, 15) is 8.42 Å². The minimum atomic E-state index is -3.15. The normalized spacial score (nSPS) is 18.8. The number of hydrogen-bond donors (Lipinski definition) is 2. The highest BCUT2D eigenvalue weighted by Gasteiger charge is 2.26. The second kappa shape index (κ2) is 7.31. The molecule has 17 heavy (non-hydrogen) atoms. The van der Waals surface area contributed by atoms with Crippen LogP contribution in [0, 0.1) is 5.92 Å². The topological polar surface area (TPSA) is 67.4 Å². The van der Waals surface area contributed by atoms with Crippen molar-refractivity contribution in [1.29, 1.82) is 0 Å². The minimum absolute atomic E-state index is 0.242. The third-order valence-corrected chi connectivity index (χ3v) is 4.68. The summed E-state index contributed by atoms with van der Waals surface area (Å²) in [6.45, 7) is 7.21. The van der Waals surface area contributed by atoms with E-state index in [-0.39, 0.29) is 5.25 Å². The molecule has 102 valence electrons. The average molecular weight is 264 g/mol. The average Bonchev–Trinajstić information content (AvgIpc) is 2.29. The summed E-state index contributed by atoms with van der Waals surface area (Å²) in [4.78, 5) is 0. The van der Waals surface area contributed by atoms with Crippen LogP contribution in [0.15, 0.2) is 0 Å². The summed E-state index contributed by atoms with van der Waals surface area (Å²) in [6.07, 6.45) is 1.39. The molecule has 1 heterocycles. The standard InChI is InChI=1S/C11H24N2O3S/c1-10(2)9-16-8-7-13-17(14,15)11-3-5-12-6-4-11/h10-13H,3-9H2,1-2H3. The van der Waals surface area contributed by atoms with Crippen LogP contribution < -0.4 is 10.0 Å². The third kappa shape index (κ3) is 5.81. The molecular weight excluding hydrogens is 240 g/mol. The molecule has 5 nitrogen and oxygen atoms in total. The van der Waals surface area contributed by atoms with E-state index in [1.165, 1.54) is 0 Å². The first-order valence-electron chi connectivity index (χ1n) is 6.29. The number of nitrogens with one attached hydrogen (secondary N) is 2. The molecule has 0 atom stereocenters. The van der Waals surface area contributed by atoms with Gasteiger partial charge in [-0.3, -0.25) is 0 Å². The van der Waals surface area contributed by atoms with Crippen molar-refractivity contribution in [2.45, 2.75) is 31.9 Å². The molecule has 1 fully saturated rings. The number of rotatable bonds is 7. The zero-order valence-corrected chi connectivity index (χ0v) is 11.6. The van der Waals surface area contributed by atoms with Gasteiger partial charge in [0.2, 0.25) is 10.0 Å². The van der Waals surface area contributed by atoms with E-state index in [4.69, 9.17) is 4.74 Å². The molecule has 1 saturated heterocycles. The highest BCUT2D eigenvalue weighted by atomic mass is 32.2. The van der Waals surface area contributed by atoms with Gasteiger partial charge in [0.25, 0.3) is 0 Å². The van der Waals surface area contributed by atoms with Crippen LogP contribution in [0.3, 0.4) is 0 Å². The molecule has 0 aliphatic carbocycles. The Kier molecular flexibility index (Phi) is 6.40. The number of sulfonamides is 1. The van der Waals surface area contributed by atoms with Crippen LogP contribution in [-0.4, -0.2) is 46.5 Å². The summed E-state index contributed by atoms with van der Waals surface area (Å²) in [5.74, 6) is 0.482. The van der Waals surface area contributed by atoms with Crippen molar-refractivity contribution in [3.8, 4) is 0 Å². The predicted octanol–water partition coefficient (Wildman–Crippen LogP) is 0.330. The van der Waals surface area contributed by atoms with Crippen LogP contribution in [0.1, 0.15) is 26.7 Å². The van der Waals surface area contributed by atoms with Crippen molar-refractivity contribution in [2.24, 2.45) is 5.92 Å². The molecule has 0 amide bonds. The highest BCUT2D eigenvalue weighted by molar-refractivity contribution is 7.90. The lowest BCUT2D eigenvalue weighted by molar-refractivity contribution is 0.114. The number of piperidine rings is 1. The monoisotopic (exact) mass is 264 g/mol. The van der Waals surface area contributed by atoms with Crippen molar-refractivity contribution >= 4 is 10.0 Å². The summed E-state index contributed by atoms with van der Waals surface area (Å²) in [5.41, 5.74) is 0. The lowest BCUT2D eigenvalue weighted by atomic mass is 10.2. The molecule has 0 aromatic rings. The molecule has 1 aliphatic heterocycles. The molecule has 1 rings (SSSR count). The van der Waals surface area contributed by atoms with Crippen LogP contribution in [0.25, 0.3) is 0 Å². The van der Waals surface area contributed by atoms with E-state index in [1.54, 1.807) is 0 Å². The van der Waals surface area contributed by atoms with Crippen LogP contribution in [0.4, 0.5) is 0 Å². The fourth-order valence-electron chi connectivity index (χ4n) is 1.80. The second-order valence-electron chi connectivity index (χ2n) is 4.86. The first kappa shape index (κ1) is 14.9. The lowest BCUT2D eigenvalue weighted by Crippen LogP contribution is -2.42. The quantitative estimate of drug-likeness (QED) is 0.650. The largest absolute Gasteiger partial charge is 0.380 e. The van der Waals surface area contributed by atoms with Crippen molar-refractivity contribution in [2.75, 3.05) is 32.8 Å². The van der Waals surface area contributed by atoms with Gasteiger partial charge in [0, 0.05) is 13.2 Å². The summed E-state index contributed by atoms with van der Waals surface area (Å²) in [5, 5.41) is 2.92. The van der Waals surface area contributed by atoms with Crippen LogP contribution in [-0.2, 0) is 14.8 Å². The Morgan fingerprint density at radius 3 is 2.59 bits per heavy atom. The van der Waals surface area contributed by atoms with E-state index in [0.717, 1.165) is 13.1 Å². The third-order valence-electron chi connectivity index (χ3n) is 2.73. The minimum Gasteiger partial charge on any atom is -0.380 e. The molecule has 0 radical (unpaired) electrons. The number of hydrogen-bond acceptors (Lipinski definition) is 4. The molecule has 6 heteroatoms. The smallest absolute Gasteiger partial charge is 0.214 e. The molecular formula is C11H24N2O3S. The van der Waals surface area contributed by atoms with Crippen molar-refractivity contribution < 1.29 is 13.2 Å². The summed E-state index contributed by atoms with van der Waals surface area (Å²) in [7, 11) is -3.15. The Balaban J connectivity index is 2.20. The fraction of sp³-hybridized carbons (Fsp3) is 1.00. The zero-order valence-electron chi connectivity index (χ0n) is 10.7. The van der Waals surface area contributed by atoms with Gasteiger partial charge in [0.15, 0.2) is 0 Å².